The van der Waals surface area contributed by atoms with Crippen LogP contribution in [-0.2, 0) is 13.0 Å². The van der Waals surface area contributed by atoms with Crippen molar-refractivity contribution in [2.75, 3.05) is 0 Å². The lowest BCUT2D eigenvalue weighted by Crippen LogP contribution is -2.06. The Morgan fingerprint density at radius 3 is 2.03 bits per heavy atom. The van der Waals surface area contributed by atoms with Crippen LogP contribution in [0.4, 0.5) is 0 Å². The van der Waals surface area contributed by atoms with Crippen LogP contribution in [0, 0.1) is 0 Å². The van der Waals surface area contributed by atoms with Crippen LogP contribution in [0.2, 0.25) is 0 Å². The lowest BCUT2D eigenvalue weighted by Gasteiger charge is -2.10. The number of hydrogen-bond acceptors (Lipinski definition) is 1. The van der Waals surface area contributed by atoms with Crippen molar-refractivity contribution in [2.45, 2.75) is 13.0 Å². The van der Waals surface area contributed by atoms with Gasteiger partial charge >= 0.3 is 0 Å². The van der Waals surface area contributed by atoms with E-state index in [4.69, 9.17) is 4.98 Å². The van der Waals surface area contributed by atoms with E-state index in [-0.39, 0.29) is 0 Å². The monoisotopic (exact) mass is 452 g/mol. The molecule has 0 bridgehead atoms. The Bertz CT molecular complexity index is 1270. The van der Waals surface area contributed by atoms with Crippen LogP contribution in [0.15, 0.2) is 108 Å². The van der Waals surface area contributed by atoms with Crippen LogP contribution in [0.5, 0.6) is 0 Å². The van der Waals surface area contributed by atoms with E-state index in [0.29, 0.717) is 0 Å². The van der Waals surface area contributed by atoms with Crippen LogP contribution in [0.3, 0.4) is 0 Å². The van der Waals surface area contributed by atoms with Crippen LogP contribution in [0.25, 0.3) is 22.2 Å². The van der Waals surface area contributed by atoms with Gasteiger partial charge in [0.2, 0.25) is 0 Å². The van der Waals surface area contributed by atoms with Gasteiger partial charge in [0, 0.05) is 17.4 Å². The highest BCUT2D eigenvalue weighted by Crippen LogP contribution is 2.23. The highest BCUT2D eigenvalue weighted by molar-refractivity contribution is 9.10. The molecule has 0 spiro atoms. The number of hydrogen-bond donors (Lipinski definition) is 0. The molecule has 0 N–H and O–H groups in total. The van der Waals surface area contributed by atoms with Crippen molar-refractivity contribution in [3.8, 4) is 11.1 Å². The first-order valence-electron chi connectivity index (χ1n) is 10.1. The first kappa shape index (κ1) is 18.8. The predicted octanol–water partition coefficient (Wildman–Crippen LogP) is 7.10. The third kappa shape index (κ3) is 3.94. The molecule has 0 amide bonds. The largest absolute Gasteiger partial charge is 0.323 e. The fourth-order valence-corrected chi connectivity index (χ4v) is 4.10. The van der Waals surface area contributed by atoms with E-state index in [1.165, 1.54) is 27.8 Å². The van der Waals surface area contributed by atoms with E-state index in [2.05, 4.69) is 118 Å². The van der Waals surface area contributed by atoms with Gasteiger partial charge in [-0.3, -0.25) is 0 Å². The number of nitrogens with zero attached hydrogens (tertiary/aromatic N) is 2. The summed E-state index contributed by atoms with van der Waals surface area (Å²) in [6, 6.07) is 36.2. The fourth-order valence-electron chi connectivity index (χ4n) is 3.84. The van der Waals surface area contributed by atoms with Crippen LogP contribution in [0.1, 0.15) is 17.0 Å². The minimum atomic E-state index is 0.806. The van der Waals surface area contributed by atoms with E-state index in [0.717, 1.165) is 28.8 Å². The molecule has 1 heterocycles. The molecule has 0 atom stereocenters. The molecule has 0 aliphatic carbocycles. The summed E-state index contributed by atoms with van der Waals surface area (Å²) in [5.41, 5.74) is 7.24. The number of halogens is 1. The Morgan fingerprint density at radius 2 is 1.27 bits per heavy atom. The summed E-state index contributed by atoms with van der Waals surface area (Å²) in [5, 5.41) is 0. The Balaban J connectivity index is 1.47. The van der Waals surface area contributed by atoms with Crippen molar-refractivity contribution < 1.29 is 0 Å². The van der Waals surface area contributed by atoms with Gasteiger partial charge in [-0.25, -0.2) is 4.98 Å². The van der Waals surface area contributed by atoms with Gasteiger partial charge in [-0.2, -0.15) is 0 Å². The Morgan fingerprint density at radius 1 is 0.633 bits per heavy atom. The highest BCUT2D eigenvalue weighted by atomic mass is 79.9. The molecule has 0 saturated heterocycles. The van der Waals surface area contributed by atoms with Gasteiger partial charge in [0.25, 0.3) is 0 Å². The minimum absolute atomic E-state index is 0.806. The average Bonchev–Trinajstić information content (AvgIpc) is 3.13. The molecule has 5 aromatic rings. The van der Waals surface area contributed by atoms with E-state index in [1.54, 1.807) is 0 Å². The second-order valence-corrected chi connectivity index (χ2v) is 8.38. The Labute approximate surface area is 185 Å². The van der Waals surface area contributed by atoms with Gasteiger partial charge < -0.3 is 4.57 Å². The van der Waals surface area contributed by atoms with Crippen molar-refractivity contribution in [3.05, 3.63) is 125 Å². The van der Waals surface area contributed by atoms with Crippen molar-refractivity contribution in [1.82, 2.24) is 9.55 Å². The summed E-state index contributed by atoms with van der Waals surface area (Å²) in [4.78, 5) is 4.96. The zero-order valence-corrected chi connectivity index (χ0v) is 18.1. The number of benzene rings is 4. The van der Waals surface area contributed by atoms with Gasteiger partial charge in [-0.05, 0) is 46.5 Å². The normalized spacial score (nSPS) is 11.1. The van der Waals surface area contributed by atoms with Crippen molar-refractivity contribution >= 4 is 27.0 Å². The van der Waals surface area contributed by atoms with Crippen molar-refractivity contribution in [3.63, 3.8) is 0 Å². The first-order valence-corrected chi connectivity index (χ1v) is 10.9. The molecule has 5 rings (SSSR count). The van der Waals surface area contributed by atoms with E-state index >= 15 is 0 Å². The predicted molar refractivity (Wildman–Crippen MR) is 128 cm³/mol. The Hall–Kier alpha value is -3.17. The summed E-state index contributed by atoms with van der Waals surface area (Å²) in [6.07, 6.45) is 0.806. The summed E-state index contributed by atoms with van der Waals surface area (Å²) in [6.45, 7) is 0.811. The van der Waals surface area contributed by atoms with Crippen molar-refractivity contribution in [2.24, 2.45) is 0 Å². The molecule has 3 heteroatoms. The number of aromatic nitrogens is 2. The van der Waals surface area contributed by atoms with Crippen molar-refractivity contribution in [1.29, 1.82) is 0 Å². The molecule has 0 fully saturated rings. The summed E-state index contributed by atoms with van der Waals surface area (Å²) < 4.78 is 3.43. The molecule has 0 aliphatic heterocycles. The van der Waals surface area contributed by atoms with Crippen LogP contribution < -0.4 is 0 Å². The maximum absolute atomic E-state index is 4.96. The average molecular weight is 453 g/mol. The van der Waals surface area contributed by atoms with Gasteiger partial charge in [-0.15, -0.1) is 0 Å². The molecule has 0 saturated carbocycles. The Kier molecular flexibility index (Phi) is 5.20. The molecule has 0 unspecified atom stereocenters. The molecular weight excluding hydrogens is 432 g/mol. The number of para-hydroxylation sites is 2. The molecule has 0 radical (unpaired) electrons. The second-order valence-electron chi connectivity index (χ2n) is 7.47. The van der Waals surface area contributed by atoms with E-state index in [9.17, 15) is 0 Å². The van der Waals surface area contributed by atoms with Gasteiger partial charge in [0.1, 0.15) is 5.82 Å². The minimum Gasteiger partial charge on any atom is -0.323 e. The summed E-state index contributed by atoms with van der Waals surface area (Å²) in [7, 11) is 0. The van der Waals surface area contributed by atoms with E-state index in [1.807, 2.05) is 6.07 Å². The number of imidazole rings is 1. The van der Waals surface area contributed by atoms with E-state index < -0.39 is 0 Å². The van der Waals surface area contributed by atoms with Crippen LogP contribution in [-0.4, -0.2) is 9.55 Å². The topological polar surface area (TPSA) is 17.8 Å². The van der Waals surface area contributed by atoms with Gasteiger partial charge in [-0.1, -0.05) is 94.8 Å². The standard InChI is InChI=1S/C27H21BrN2/c28-24-16-12-21(13-17-24)19-30-26-9-5-4-8-25(26)29-27(30)18-20-10-14-23(15-11-20)22-6-2-1-3-7-22/h1-17H,18-19H2. The third-order valence-electron chi connectivity index (χ3n) is 5.41. The van der Waals surface area contributed by atoms with Crippen LogP contribution >= 0.6 is 15.9 Å². The maximum atomic E-state index is 4.96. The lowest BCUT2D eigenvalue weighted by atomic mass is 10.0. The SMILES string of the molecule is Brc1ccc(Cn2c(Cc3ccc(-c4ccccc4)cc3)nc3ccccc32)cc1. The smallest absolute Gasteiger partial charge is 0.114 e. The van der Waals surface area contributed by atoms with Gasteiger partial charge in [0.15, 0.2) is 0 Å². The fraction of sp³-hybridized carbons (Fsp3) is 0.0741. The third-order valence-corrected chi connectivity index (χ3v) is 5.94. The molecule has 0 aliphatic rings. The molecule has 1 aromatic heterocycles. The molecule has 146 valence electrons. The number of fused-ring (bicyclic) bond motifs is 1. The molecule has 2 nitrogen and oxygen atoms in total. The maximum Gasteiger partial charge on any atom is 0.114 e. The zero-order chi connectivity index (χ0) is 20.3. The highest BCUT2D eigenvalue weighted by Gasteiger charge is 2.12. The molecule has 4 aromatic carbocycles. The lowest BCUT2D eigenvalue weighted by molar-refractivity contribution is 0.762. The molecular formula is C27H21BrN2. The molecule has 30 heavy (non-hydrogen) atoms. The first-order chi connectivity index (χ1) is 14.8. The quantitative estimate of drug-likeness (QED) is 0.277. The van der Waals surface area contributed by atoms with Gasteiger partial charge in [0.05, 0.1) is 11.0 Å². The summed E-state index contributed by atoms with van der Waals surface area (Å²) in [5.74, 6) is 1.09. The summed E-state index contributed by atoms with van der Waals surface area (Å²) >= 11 is 3.53. The second kappa shape index (κ2) is 8.29. The number of rotatable bonds is 5. The zero-order valence-electron chi connectivity index (χ0n) is 16.5.